The van der Waals surface area contributed by atoms with Gasteiger partial charge in [0.25, 0.3) is 0 Å². The summed E-state index contributed by atoms with van der Waals surface area (Å²) in [5.41, 5.74) is -0.287. The highest BCUT2D eigenvalue weighted by atomic mass is 15.1. The third kappa shape index (κ3) is 4.65. The molecule has 17 heavy (non-hydrogen) atoms. The highest BCUT2D eigenvalue weighted by molar-refractivity contribution is 5.06. The molecular weight excluding hydrogens is 210 g/mol. The number of nitrogens with one attached hydrogen (secondary N) is 1. The summed E-state index contributed by atoms with van der Waals surface area (Å²) < 4.78 is 0. The standard InChI is InChI=1S/C14H27N3/c1-3-14(13-15,16-4-2)9-8-12-17-10-6-5-7-11-17/h16H,3-12H2,1-2H3. The van der Waals surface area contributed by atoms with Crippen molar-refractivity contribution in [2.45, 2.75) is 57.9 Å². The van der Waals surface area contributed by atoms with Crippen molar-refractivity contribution >= 4 is 0 Å². The molecule has 0 radical (unpaired) electrons. The van der Waals surface area contributed by atoms with Gasteiger partial charge in [0.1, 0.15) is 5.54 Å². The molecule has 1 saturated heterocycles. The molecular formula is C14H27N3. The van der Waals surface area contributed by atoms with Crippen LogP contribution in [0.3, 0.4) is 0 Å². The van der Waals surface area contributed by atoms with E-state index in [0.29, 0.717) is 0 Å². The monoisotopic (exact) mass is 237 g/mol. The molecule has 3 nitrogen and oxygen atoms in total. The van der Waals surface area contributed by atoms with E-state index in [-0.39, 0.29) is 5.54 Å². The lowest BCUT2D eigenvalue weighted by Crippen LogP contribution is -2.44. The first-order valence-electron chi connectivity index (χ1n) is 7.15. The SMILES string of the molecule is CCNC(C#N)(CC)CCCN1CCCCC1. The third-order valence-corrected chi connectivity index (χ3v) is 3.86. The van der Waals surface area contributed by atoms with Crippen molar-refractivity contribution in [1.29, 1.82) is 5.26 Å². The quantitative estimate of drug-likeness (QED) is 0.739. The van der Waals surface area contributed by atoms with Crippen LogP contribution in [0.1, 0.15) is 52.4 Å². The van der Waals surface area contributed by atoms with E-state index in [1.165, 1.54) is 32.4 Å². The number of hydrogen-bond acceptors (Lipinski definition) is 3. The lowest BCUT2D eigenvalue weighted by molar-refractivity contribution is 0.216. The van der Waals surface area contributed by atoms with Crippen LogP contribution in [0.4, 0.5) is 0 Å². The molecule has 3 heteroatoms. The summed E-state index contributed by atoms with van der Waals surface area (Å²) in [6, 6.07) is 2.47. The van der Waals surface area contributed by atoms with Crippen molar-refractivity contribution in [3.05, 3.63) is 0 Å². The summed E-state index contributed by atoms with van der Waals surface area (Å²) in [7, 11) is 0. The zero-order valence-electron chi connectivity index (χ0n) is 11.5. The third-order valence-electron chi connectivity index (χ3n) is 3.86. The molecule has 1 heterocycles. The van der Waals surface area contributed by atoms with Gasteiger partial charge in [-0.3, -0.25) is 5.32 Å². The van der Waals surface area contributed by atoms with Crippen LogP contribution in [-0.2, 0) is 0 Å². The Kier molecular flexibility index (Phi) is 6.54. The average Bonchev–Trinajstić information content (AvgIpc) is 2.39. The molecule has 0 saturated carbocycles. The Balaban J connectivity index is 2.29. The van der Waals surface area contributed by atoms with E-state index in [1.807, 2.05) is 0 Å². The Hall–Kier alpha value is -0.590. The Morgan fingerprint density at radius 2 is 1.94 bits per heavy atom. The number of rotatable bonds is 7. The van der Waals surface area contributed by atoms with Gasteiger partial charge in [-0.25, -0.2) is 0 Å². The highest BCUT2D eigenvalue weighted by Crippen LogP contribution is 2.18. The Bertz CT molecular complexity index is 240. The average molecular weight is 237 g/mol. The first-order valence-corrected chi connectivity index (χ1v) is 7.15. The van der Waals surface area contributed by atoms with Crippen LogP contribution >= 0.6 is 0 Å². The summed E-state index contributed by atoms with van der Waals surface area (Å²) in [6.45, 7) is 8.73. The smallest absolute Gasteiger partial charge is 0.106 e. The topological polar surface area (TPSA) is 39.1 Å². The second-order valence-corrected chi connectivity index (χ2v) is 5.08. The van der Waals surface area contributed by atoms with Crippen LogP contribution in [0.15, 0.2) is 0 Å². The molecule has 1 atom stereocenters. The minimum absolute atomic E-state index is 0.287. The van der Waals surface area contributed by atoms with Crippen molar-refractivity contribution in [2.24, 2.45) is 0 Å². The molecule has 1 N–H and O–H groups in total. The fraction of sp³-hybridized carbons (Fsp3) is 0.929. The minimum Gasteiger partial charge on any atom is -0.303 e. The zero-order chi connectivity index (χ0) is 12.6. The predicted octanol–water partition coefficient (Wildman–Crippen LogP) is 2.53. The first kappa shape index (κ1) is 14.5. The molecule has 0 aromatic heterocycles. The highest BCUT2D eigenvalue weighted by Gasteiger charge is 2.26. The molecule has 1 aliphatic rings. The molecule has 0 aromatic carbocycles. The second-order valence-electron chi connectivity index (χ2n) is 5.08. The van der Waals surface area contributed by atoms with E-state index < -0.39 is 0 Å². The van der Waals surface area contributed by atoms with Gasteiger partial charge in [-0.05, 0) is 58.3 Å². The number of nitrogens with zero attached hydrogens (tertiary/aromatic N) is 2. The van der Waals surface area contributed by atoms with Crippen molar-refractivity contribution in [1.82, 2.24) is 10.2 Å². The first-order chi connectivity index (χ1) is 8.26. The van der Waals surface area contributed by atoms with E-state index in [0.717, 1.165) is 32.4 Å². The summed E-state index contributed by atoms with van der Waals surface area (Å²) in [5.74, 6) is 0. The van der Waals surface area contributed by atoms with Gasteiger partial charge in [-0.1, -0.05) is 20.3 Å². The van der Waals surface area contributed by atoms with Gasteiger partial charge in [-0.2, -0.15) is 5.26 Å². The summed E-state index contributed by atoms with van der Waals surface area (Å²) in [5, 5.41) is 12.7. The van der Waals surface area contributed by atoms with Gasteiger partial charge >= 0.3 is 0 Å². The lowest BCUT2D eigenvalue weighted by Gasteiger charge is -2.29. The van der Waals surface area contributed by atoms with Crippen LogP contribution in [0, 0.1) is 11.3 Å². The second kappa shape index (κ2) is 7.68. The normalized spacial score (nSPS) is 20.8. The molecule has 0 bridgehead atoms. The Labute approximate surface area is 106 Å². The number of likely N-dealkylation sites (tertiary alicyclic amines) is 1. The van der Waals surface area contributed by atoms with Crippen LogP contribution < -0.4 is 5.32 Å². The Morgan fingerprint density at radius 3 is 2.47 bits per heavy atom. The van der Waals surface area contributed by atoms with Crippen LogP contribution in [0.2, 0.25) is 0 Å². The number of hydrogen-bond donors (Lipinski definition) is 1. The molecule has 0 spiro atoms. The summed E-state index contributed by atoms with van der Waals surface area (Å²) in [6.07, 6.45) is 7.11. The van der Waals surface area contributed by atoms with Crippen LogP contribution in [-0.4, -0.2) is 36.6 Å². The van der Waals surface area contributed by atoms with Crippen molar-refractivity contribution in [2.75, 3.05) is 26.2 Å². The molecule has 1 aliphatic heterocycles. The van der Waals surface area contributed by atoms with Crippen LogP contribution in [0.25, 0.3) is 0 Å². The molecule has 0 amide bonds. The summed E-state index contributed by atoms with van der Waals surface area (Å²) in [4.78, 5) is 2.55. The van der Waals surface area contributed by atoms with Crippen molar-refractivity contribution in [3.8, 4) is 6.07 Å². The largest absolute Gasteiger partial charge is 0.303 e. The van der Waals surface area contributed by atoms with E-state index in [9.17, 15) is 5.26 Å². The molecule has 98 valence electrons. The van der Waals surface area contributed by atoms with Crippen molar-refractivity contribution in [3.63, 3.8) is 0 Å². The molecule has 1 unspecified atom stereocenters. The van der Waals surface area contributed by atoms with Gasteiger partial charge in [-0.15, -0.1) is 0 Å². The van der Waals surface area contributed by atoms with Gasteiger partial charge in [0.15, 0.2) is 0 Å². The maximum atomic E-state index is 9.32. The van der Waals surface area contributed by atoms with E-state index in [2.05, 4.69) is 30.1 Å². The fourth-order valence-electron chi connectivity index (χ4n) is 2.69. The predicted molar refractivity (Wildman–Crippen MR) is 71.8 cm³/mol. The van der Waals surface area contributed by atoms with Crippen LogP contribution in [0.5, 0.6) is 0 Å². The lowest BCUT2D eigenvalue weighted by atomic mass is 9.91. The maximum absolute atomic E-state index is 9.32. The Morgan fingerprint density at radius 1 is 1.24 bits per heavy atom. The number of nitriles is 1. The van der Waals surface area contributed by atoms with Gasteiger partial charge in [0.05, 0.1) is 6.07 Å². The molecule has 0 aromatic rings. The number of piperidine rings is 1. The van der Waals surface area contributed by atoms with Gasteiger partial charge in [0.2, 0.25) is 0 Å². The van der Waals surface area contributed by atoms with E-state index >= 15 is 0 Å². The molecule has 1 fully saturated rings. The fourth-order valence-corrected chi connectivity index (χ4v) is 2.69. The summed E-state index contributed by atoms with van der Waals surface area (Å²) >= 11 is 0. The van der Waals surface area contributed by atoms with Crippen molar-refractivity contribution < 1.29 is 0 Å². The maximum Gasteiger partial charge on any atom is 0.106 e. The van der Waals surface area contributed by atoms with Gasteiger partial charge in [0, 0.05) is 0 Å². The molecule has 0 aliphatic carbocycles. The van der Waals surface area contributed by atoms with E-state index in [1.54, 1.807) is 0 Å². The molecule has 1 rings (SSSR count). The zero-order valence-corrected chi connectivity index (χ0v) is 11.5. The minimum atomic E-state index is -0.287. The van der Waals surface area contributed by atoms with Gasteiger partial charge < -0.3 is 4.90 Å². The van der Waals surface area contributed by atoms with E-state index in [4.69, 9.17) is 0 Å².